The summed E-state index contributed by atoms with van der Waals surface area (Å²) < 4.78 is 143. The number of halogens is 8. The van der Waals surface area contributed by atoms with Gasteiger partial charge in [-0.25, -0.2) is 4.79 Å². The van der Waals surface area contributed by atoms with Gasteiger partial charge in [0.25, 0.3) is 0 Å². The minimum atomic E-state index is -6.39. The van der Waals surface area contributed by atoms with Crippen molar-refractivity contribution in [1.82, 2.24) is 4.90 Å². The molecule has 0 radical (unpaired) electrons. The number of carbonyl (C=O) groups is 2. The molecule has 8 nitrogen and oxygen atoms in total. The molecule has 1 N–H and O–H groups in total. The standard InChI is InChI=1S/C14H17F8NO7S/c1-5-23(7(2)3)10(25)12(14(20,21)22,29-6-11(15,16)31(26,27)28)30-9(24)8(4)13(17,18)19/h7H,4-6H2,1-3H3,(H,26,27,28). The van der Waals surface area contributed by atoms with Gasteiger partial charge in [0.15, 0.2) is 0 Å². The Balaban J connectivity index is 6.66. The zero-order valence-electron chi connectivity index (χ0n) is 16.0. The van der Waals surface area contributed by atoms with E-state index >= 15 is 0 Å². The van der Waals surface area contributed by atoms with Crippen LogP contribution in [-0.4, -0.2) is 72.3 Å². The minimum Gasteiger partial charge on any atom is -0.412 e. The fourth-order valence-corrected chi connectivity index (χ4v) is 2.10. The molecule has 0 aromatic rings. The first kappa shape index (κ1) is 29.0. The lowest BCUT2D eigenvalue weighted by Crippen LogP contribution is -2.64. The van der Waals surface area contributed by atoms with E-state index in [1.807, 2.05) is 0 Å². The summed E-state index contributed by atoms with van der Waals surface area (Å²) in [5.41, 5.74) is -2.55. The largest absolute Gasteiger partial charge is 0.466 e. The highest BCUT2D eigenvalue weighted by Gasteiger charge is 2.69. The molecule has 0 spiro atoms. The van der Waals surface area contributed by atoms with E-state index in [0.29, 0.717) is 0 Å². The molecule has 0 aromatic carbocycles. The first-order chi connectivity index (χ1) is 13.5. The van der Waals surface area contributed by atoms with Crippen molar-refractivity contribution in [2.45, 2.75) is 50.2 Å². The topological polar surface area (TPSA) is 110 Å². The van der Waals surface area contributed by atoms with Gasteiger partial charge in [0, 0.05) is 12.6 Å². The average molecular weight is 495 g/mol. The summed E-state index contributed by atoms with van der Waals surface area (Å²) in [6, 6.07) is -1.14. The van der Waals surface area contributed by atoms with E-state index < -0.39 is 70.2 Å². The maximum Gasteiger partial charge on any atom is 0.466 e. The lowest BCUT2D eigenvalue weighted by molar-refractivity contribution is -0.356. The number of esters is 1. The van der Waals surface area contributed by atoms with Crippen molar-refractivity contribution in [2.24, 2.45) is 0 Å². The van der Waals surface area contributed by atoms with Crippen molar-refractivity contribution < 1.29 is 67.2 Å². The monoisotopic (exact) mass is 495 g/mol. The zero-order valence-corrected chi connectivity index (χ0v) is 16.8. The van der Waals surface area contributed by atoms with E-state index in [1.54, 1.807) is 0 Å². The van der Waals surface area contributed by atoms with Gasteiger partial charge in [-0.1, -0.05) is 6.58 Å². The molecule has 0 aliphatic carbocycles. The van der Waals surface area contributed by atoms with Gasteiger partial charge in [-0.3, -0.25) is 9.35 Å². The maximum atomic E-state index is 13.8. The normalized spacial score (nSPS) is 15.4. The number of nitrogens with zero attached hydrogens (tertiary/aromatic N) is 1. The Morgan fingerprint density at radius 3 is 1.81 bits per heavy atom. The molecule has 1 atom stereocenters. The third kappa shape index (κ3) is 6.49. The number of hydrogen-bond acceptors (Lipinski definition) is 6. The smallest absolute Gasteiger partial charge is 0.412 e. The Hall–Kier alpha value is -2.01. The van der Waals surface area contributed by atoms with Gasteiger partial charge < -0.3 is 14.4 Å². The lowest BCUT2D eigenvalue weighted by Gasteiger charge is -2.38. The molecular formula is C14H17F8NO7S. The number of ether oxygens (including phenoxy) is 2. The van der Waals surface area contributed by atoms with E-state index in [4.69, 9.17) is 4.55 Å². The zero-order chi connectivity index (χ0) is 25.2. The summed E-state index contributed by atoms with van der Waals surface area (Å²) in [6.07, 6.45) is -11.9. The van der Waals surface area contributed by atoms with Crippen molar-refractivity contribution >= 4 is 22.0 Å². The Morgan fingerprint density at radius 2 is 1.52 bits per heavy atom. The van der Waals surface area contributed by atoms with E-state index in [-0.39, 0.29) is 4.90 Å². The third-order valence-electron chi connectivity index (χ3n) is 3.53. The first-order valence-electron chi connectivity index (χ1n) is 7.91. The van der Waals surface area contributed by atoms with E-state index in [0.717, 1.165) is 20.8 Å². The second-order valence-electron chi connectivity index (χ2n) is 6.07. The van der Waals surface area contributed by atoms with Gasteiger partial charge in [-0.15, -0.1) is 0 Å². The van der Waals surface area contributed by atoms with Crippen LogP contribution in [0.15, 0.2) is 12.2 Å². The molecular weight excluding hydrogens is 478 g/mol. The average Bonchev–Trinajstić information content (AvgIpc) is 2.54. The Labute approximate surface area is 170 Å². The molecule has 0 bridgehead atoms. The summed E-state index contributed by atoms with van der Waals surface area (Å²) in [4.78, 5) is 24.3. The molecule has 31 heavy (non-hydrogen) atoms. The van der Waals surface area contributed by atoms with E-state index in [2.05, 4.69) is 16.1 Å². The summed E-state index contributed by atoms with van der Waals surface area (Å²) in [5.74, 6) is -10.5. The van der Waals surface area contributed by atoms with Crippen LogP contribution in [0.3, 0.4) is 0 Å². The van der Waals surface area contributed by atoms with Crippen LogP contribution in [0.25, 0.3) is 0 Å². The SMILES string of the molecule is C=C(C(=O)OC(OCC(F)(F)S(=O)(=O)O)(C(=O)N(CC)C(C)C)C(F)(F)F)C(F)(F)F. The van der Waals surface area contributed by atoms with Crippen molar-refractivity contribution in [2.75, 3.05) is 13.2 Å². The minimum absolute atomic E-state index is 0.239. The fourth-order valence-electron chi connectivity index (χ4n) is 1.90. The predicted molar refractivity (Wildman–Crippen MR) is 85.0 cm³/mol. The Kier molecular flexibility index (Phi) is 8.64. The van der Waals surface area contributed by atoms with Crippen LogP contribution in [-0.2, 0) is 29.2 Å². The molecule has 0 aliphatic rings. The quantitative estimate of drug-likeness (QED) is 0.172. The van der Waals surface area contributed by atoms with Gasteiger partial charge in [-0.2, -0.15) is 43.5 Å². The second-order valence-corrected chi connectivity index (χ2v) is 7.61. The van der Waals surface area contributed by atoms with Gasteiger partial charge >= 0.3 is 45.4 Å². The first-order valence-corrected chi connectivity index (χ1v) is 9.35. The van der Waals surface area contributed by atoms with Crippen molar-refractivity contribution in [1.29, 1.82) is 0 Å². The number of likely N-dealkylation sites (N-methyl/N-ethyl adjacent to an activating group) is 1. The van der Waals surface area contributed by atoms with Crippen LogP contribution in [0.4, 0.5) is 35.1 Å². The summed E-state index contributed by atoms with van der Waals surface area (Å²) in [7, 11) is -6.39. The molecule has 182 valence electrons. The van der Waals surface area contributed by atoms with Crippen LogP contribution >= 0.6 is 0 Å². The fraction of sp³-hybridized carbons (Fsp3) is 0.714. The molecule has 0 fully saturated rings. The Bertz CT molecular complexity index is 806. The van der Waals surface area contributed by atoms with Gasteiger partial charge in [0.1, 0.15) is 12.2 Å². The summed E-state index contributed by atoms with van der Waals surface area (Å²) >= 11 is 0. The highest BCUT2D eigenvalue weighted by atomic mass is 32.2. The predicted octanol–water partition coefficient (Wildman–Crippen LogP) is 2.66. The van der Waals surface area contributed by atoms with Gasteiger partial charge in [0.05, 0.1) is 0 Å². The van der Waals surface area contributed by atoms with Crippen molar-refractivity contribution in [3.8, 4) is 0 Å². The number of rotatable bonds is 9. The Morgan fingerprint density at radius 1 is 1.06 bits per heavy atom. The number of alkyl halides is 8. The van der Waals surface area contributed by atoms with E-state index in [9.17, 15) is 53.1 Å². The molecule has 1 unspecified atom stereocenters. The van der Waals surface area contributed by atoms with Gasteiger partial charge in [-0.05, 0) is 20.8 Å². The number of hydrogen-bond donors (Lipinski definition) is 1. The van der Waals surface area contributed by atoms with Gasteiger partial charge in [0.2, 0.25) is 0 Å². The van der Waals surface area contributed by atoms with Crippen LogP contribution in [0.1, 0.15) is 20.8 Å². The van der Waals surface area contributed by atoms with Crippen molar-refractivity contribution in [3.05, 3.63) is 12.2 Å². The molecule has 17 heteroatoms. The van der Waals surface area contributed by atoms with Crippen LogP contribution in [0.2, 0.25) is 0 Å². The van der Waals surface area contributed by atoms with Crippen molar-refractivity contribution in [3.63, 3.8) is 0 Å². The molecule has 0 saturated heterocycles. The molecule has 1 amide bonds. The third-order valence-corrected chi connectivity index (χ3v) is 4.40. The second kappa shape index (κ2) is 9.23. The molecule has 0 aliphatic heterocycles. The van der Waals surface area contributed by atoms with Crippen LogP contribution in [0.5, 0.6) is 0 Å². The number of amides is 1. The number of carbonyl (C=O) groups excluding carboxylic acids is 2. The van der Waals surface area contributed by atoms with E-state index in [1.165, 1.54) is 0 Å². The highest BCUT2D eigenvalue weighted by Crippen LogP contribution is 2.40. The molecule has 0 saturated carbocycles. The maximum absolute atomic E-state index is 13.8. The molecule has 0 aromatic heterocycles. The van der Waals surface area contributed by atoms with Crippen LogP contribution < -0.4 is 0 Å². The molecule has 0 heterocycles. The summed E-state index contributed by atoms with van der Waals surface area (Å²) in [5, 5.41) is -5.47. The van der Waals surface area contributed by atoms with Crippen LogP contribution in [0, 0.1) is 0 Å². The molecule has 0 rings (SSSR count). The summed E-state index contributed by atoms with van der Waals surface area (Å²) in [6.45, 7) is 1.98. The lowest BCUT2D eigenvalue weighted by atomic mass is 10.1. The highest BCUT2D eigenvalue weighted by molar-refractivity contribution is 7.86.